The van der Waals surface area contributed by atoms with Gasteiger partial charge in [0.05, 0.1) is 16.3 Å². The second-order valence-electron chi connectivity index (χ2n) is 7.09. The van der Waals surface area contributed by atoms with Crippen LogP contribution in [-0.4, -0.2) is 23.8 Å². The molecule has 0 fully saturated rings. The summed E-state index contributed by atoms with van der Waals surface area (Å²) in [4.78, 5) is 29.4. The highest BCUT2D eigenvalue weighted by Gasteiger charge is 2.43. The molecular formula is C24H17Cl2FN2O2. The molecule has 0 aliphatic carbocycles. The van der Waals surface area contributed by atoms with Gasteiger partial charge in [0.15, 0.2) is 0 Å². The van der Waals surface area contributed by atoms with E-state index in [2.05, 4.69) is 0 Å². The minimum atomic E-state index is -0.669. The van der Waals surface area contributed by atoms with Gasteiger partial charge in [-0.1, -0.05) is 71.7 Å². The number of nitrogens with zero attached hydrogens (tertiary/aromatic N) is 2. The Morgan fingerprint density at radius 2 is 1.58 bits per heavy atom. The van der Waals surface area contributed by atoms with Crippen molar-refractivity contribution in [3.8, 4) is 0 Å². The Labute approximate surface area is 189 Å². The molecule has 0 unspecified atom stereocenters. The van der Waals surface area contributed by atoms with Crippen molar-refractivity contribution in [1.29, 1.82) is 0 Å². The fourth-order valence-corrected chi connectivity index (χ4v) is 4.10. The zero-order valence-corrected chi connectivity index (χ0v) is 18.0. The summed E-state index contributed by atoms with van der Waals surface area (Å²) in [6.07, 6.45) is 0. The van der Waals surface area contributed by atoms with Gasteiger partial charge in [0.1, 0.15) is 11.5 Å². The molecule has 4 rings (SSSR count). The molecule has 31 heavy (non-hydrogen) atoms. The van der Waals surface area contributed by atoms with E-state index in [0.29, 0.717) is 17.1 Å². The Balaban J connectivity index is 1.86. The molecule has 0 radical (unpaired) electrons. The highest BCUT2D eigenvalue weighted by atomic mass is 35.5. The molecule has 0 saturated carbocycles. The van der Waals surface area contributed by atoms with Crippen LogP contribution < -0.4 is 4.90 Å². The minimum Gasteiger partial charge on any atom is -0.365 e. The van der Waals surface area contributed by atoms with Crippen LogP contribution in [0.15, 0.2) is 78.5 Å². The third-order valence-electron chi connectivity index (χ3n) is 5.00. The quantitative estimate of drug-likeness (QED) is 0.474. The molecule has 1 heterocycles. The second kappa shape index (κ2) is 8.53. The minimum absolute atomic E-state index is 0.105. The van der Waals surface area contributed by atoms with E-state index < -0.39 is 17.6 Å². The van der Waals surface area contributed by atoms with E-state index in [1.54, 1.807) is 30.1 Å². The predicted molar refractivity (Wildman–Crippen MR) is 120 cm³/mol. The smallest absolute Gasteiger partial charge is 0.282 e. The number of carbonyl (C=O) groups excluding carboxylic acids is 2. The second-order valence-corrected chi connectivity index (χ2v) is 7.93. The van der Waals surface area contributed by atoms with Gasteiger partial charge >= 0.3 is 0 Å². The van der Waals surface area contributed by atoms with Crippen LogP contribution in [0.2, 0.25) is 10.0 Å². The number of anilines is 1. The van der Waals surface area contributed by atoms with Gasteiger partial charge in [-0.15, -0.1) is 0 Å². The van der Waals surface area contributed by atoms with E-state index in [9.17, 15) is 14.0 Å². The molecule has 0 spiro atoms. The van der Waals surface area contributed by atoms with E-state index in [1.165, 1.54) is 24.3 Å². The number of imide groups is 1. The third-order valence-corrected chi connectivity index (χ3v) is 5.55. The lowest BCUT2D eigenvalue weighted by Crippen LogP contribution is -2.34. The van der Waals surface area contributed by atoms with Crippen LogP contribution in [0.4, 0.5) is 10.1 Å². The lowest BCUT2D eigenvalue weighted by atomic mass is 10.0. The number of amides is 2. The van der Waals surface area contributed by atoms with Crippen LogP contribution in [0.25, 0.3) is 5.57 Å². The molecule has 0 atom stereocenters. The topological polar surface area (TPSA) is 40.6 Å². The summed E-state index contributed by atoms with van der Waals surface area (Å²) in [6.45, 7) is 0.370. The molecule has 0 saturated heterocycles. The molecule has 0 bridgehead atoms. The number of carbonyl (C=O) groups is 2. The van der Waals surface area contributed by atoms with E-state index in [1.807, 2.05) is 30.3 Å². The Hall–Kier alpha value is -3.15. The fourth-order valence-electron chi connectivity index (χ4n) is 3.60. The number of hydrogen-bond donors (Lipinski definition) is 0. The number of rotatable bonds is 5. The zero-order valence-electron chi connectivity index (χ0n) is 16.5. The maximum absolute atomic E-state index is 14.5. The van der Waals surface area contributed by atoms with Gasteiger partial charge < -0.3 is 4.90 Å². The summed E-state index contributed by atoms with van der Waals surface area (Å²) in [5.41, 5.74) is 1.44. The maximum Gasteiger partial charge on any atom is 0.282 e. The first-order chi connectivity index (χ1) is 14.9. The molecule has 156 valence electrons. The Kier molecular flexibility index (Phi) is 5.81. The third kappa shape index (κ3) is 3.94. The summed E-state index contributed by atoms with van der Waals surface area (Å²) in [5.74, 6) is -1.93. The zero-order chi connectivity index (χ0) is 22.1. The Bertz CT molecular complexity index is 1210. The SMILES string of the molecule is CN(Cc1ccccc1)C1=C(c2ccc(Cl)cc2Cl)C(=O)N(c2ccccc2F)C1=O. The van der Waals surface area contributed by atoms with Crippen LogP contribution in [0.5, 0.6) is 0 Å². The van der Waals surface area contributed by atoms with Gasteiger partial charge in [0.25, 0.3) is 11.8 Å². The first-order valence-electron chi connectivity index (χ1n) is 9.46. The number of para-hydroxylation sites is 1. The van der Waals surface area contributed by atoms with Crippen molar-refractivity contribution in [2.24, 2.45) is 0 Å². The monoisotopic (exact) mass is 454 g/mol. The van der Waals surface area contributed by atoms with Crippen molar-refractivity contribution < 1.29 is 14.0 Å². The summed E-state index contributed by atoms with van der Waals surface area (Å²) >= 11 is 12.4. The average molecular weight is 455 g/mol. The summed E-state index contributed by atoms with van der Waals surface area (Å²) in [6, 6.07) is 19.9. The van der Waals surface area contributed by atoms with Crippen LogP contribution in [0.3, 0.4) is 0 Å². The van der Waals surface area contributed by atoms with Crippen molar-refractivity contribution in [1.82, 2.24) is 4.90 Å². The molecule has 0 aromatic heterocycles. The molecular weight excluding hydrogens is 438 g/mol. The predicted octanol–water partition coefficient (Wildman–Crippen LogP) is 5.55. The largest absolute Gasteiger partial charge is 0.365 e. The van der Waals surface area contributed by atoms with Gasteiger partial charge in [0.2, 0.25) is 0 Å². The molecule has 3 aromatic carbocycles. The molecule has 3 aromatic rings. The van der Waals surface area contributed by atoms with Gasteiger partial charge in [-0.05, 0) is 29.8 Å². The van der Waals surface area contributed by atoms with E-state index in [4.69, 9.17) is 23.2 Å². The van der Waals surface area contributed by atoms with Crippen LogP contribution in [-0.2, 0) is 16.1 Å². The van der Waals surface area contributed by atoms with Crippen molar-refractivity contribution in [2.75, 3.05) is 11.9 Å². The number of halogens is 3. The molecule has 2 amide bonds. The van der Waals surface area contributed by atoms with Crippen molar-refractivity contribution in [2.45, 2.75) is 6.54 Å². The first-order valence-corrected chi connectivity index (χ1v) is 10.2. The van der Waals surface area contributed by atoms with Crippen LogP contribution in [0.1, 0.15) is 11.1 Å². The average Bonchev–Trinajstić information content (AvgIpc) is 2.99. The van der Waals surface area contributed by atoms with Crippen LogP contribution >= 0.6 is 23.2 Å². The van der Waals surface area contributed by atoms with Gasteiger partial charge in [-0.25, -0.2) is 9.29 Å². The van der Waals surface area contributed by atoms with E-state index in [-0.39, 0.29) is 22.0 Å². The fraction of sp³-hybridized carbons (Fsp3) is 0.0833. The molecule has 1 aliphatic heterocycles. The van der Waals surface area contributed by atoms with Gasteiger partial charge in [-0.2, -0.15) is 0 Å². The van der Waals surface area contributed by atoms with Crippen molar-refractivity contribution in [3.63, 3.8) is 0 Å². The number of benzene rings is 3. The van der Waals surface area contributed by atoms with Crippen LogP contribution in [0, 0.1) is 5.82 Å². The first kappa shape index (κ1) is 21.1. The lowest BCUT2D eigenvalue weighted by molar-refractivity contribution is -0.120. The molecule has 4 nitrogen and oxygen atoms in total. The summed E-state index contributed by atoms with van der Waals surface area (Å²) in [7, 11) is 1.71. The molecule has 7 heteroatoms. The number of likely N-dealkylation sites (N-methyl/N-ethyl adjacent to an activating group) is 1. The van der Waals surface area contributed by atoms with Gasteiger partial charge in [0, 0.05) is 24.2 Å². The maximum atomic E-state index is 14.5. The summed E-state index contributed by atoms with van der Waals surface area (Å²) < 4.78 is 14.5. The Morgan fingerprint density at radius 1 is 0.903 bits per heavy atom. The highest BCUT2D eigenvalue weighted by molar-refractivity contribution is 6.47. The Morgan fingerprint density at radius 3 is 2.26 bits per heavy atom. The molecule has 1 aliphatic rings. The molecule has 0 N–H and O–H groups in total. The standard InChI is InChI=1S/C24H17Cl2FN2O2/c1-28(14-15-7-3-2-4-8-15)22-21(17-12-11-16(25)13-18(17)26)23(30)29(24(22)31)20-10-6-5-9-19(20)27/h2-13H,14H2,1H3. The normalized spacial score (nSPS) is 13.9. The number of hydrogen-bond acceptors (Lipinski definition) is 3. The summed E-state index contributed by atoms with van der Waals surface area (Å²) in [5, 5.41) is 0.626. The highest BCUT2D eigenvalue weighted by Crippen LogP contribution is 2.38. The van der Waals surface area contributed by atoms with Crippen molar-refractivity contribution in [3.05, 3.63) is 105 Å². The van der Waals surface area contributed by atoms with Gasteiger partial charge in [-0.3, -0.25) is 9.59 Å². The van der Waals surface area contributed by atoms with E-state index in [0.717, 1.165) is 10.5 Å². The van der Waals surface area contributed by atoms with E-state index >= 15 is 0 Å². The lowest BCUT2D eigenvalue weighted by Gasteiger charge is -2.22. The van der Waals surface area contributed by atoms with Crippen molar-refractivity contribution >= 4 is 46.3 Å².